The summed E-state index contributed by atoms with van der Waals surface area (Å²) in [6, 6.07) is 10.1. The summed E-state index contributed by atoms with van der Waals surface area (Å²) >= 11 is 0. The monoisotopic (exact) mass is 1100 g/mol. The second kappa shape index (κ2) is 24.6. The minimum absolute atomic E-state index is 0.00627. The molecule has 8 rings (SSSR count). The minimum atomic E-state index is -2.04. The van der Waals surface area contributed by atoms with Crippen molar-refractivity contribution in [1.29, 1.82) is 0 Å². The zero-order valence-corrected chi connectivity index (χ0v) is 45.9. The van der Waals surface area contributed by atoms with E-state index in [9.17, 15) is 53.1 Å². The second-order valence-electron chi connectivity index (χ2n) is 21.8. The van der Waals surface area contributed by atoms with Crippen LogP contribution in [-0.2, 0) is 79.5 Å². The second-order valence-corrected chi connectivity index (χ2v) is 21.8. The van der Waals surface area contributed by atoms with E-state index < -0.39 is 78.3 Å². The smallest absolute Gasteiger partial charge is 0.343 e. The Morgan fingerprint density at radius 3 is 2.29 bits per heavy atom. The maximum atomic E-state index is 15.4. The zero-order chi connectivity index (χ0) is 57.6. The Kier molecular flexibility index (Phi) is 18.0. The lowest BCUT2D eigenvalue weighted by Crippen LogP contribution is -2.52. The summed E-state index contributed by atoms with van der Waals surface area (Å²) in [7, 11) is 0. The van der Waals surface area contributed by atoms with Gasteiger partial charge in [0.15, 0.2) is 5.60 Å². The molecule has 4 atom stereocenters. The highest BCUT2D eigenvalue weighted by Crippen LogP contribution is 2.46. The summed E-state index contributed by atoms with van der Waals surface area (Å²) in [4.78, 5) is 136. The van der Waals surface area contributed by atoms with Gasteiger partial charge in [-0.15, -0.1) is 0 Å². The maximum absolute atomic E-state index is 15.4. The number of esters is 1. The Morgan fingerprint density at radius 2 is 1.55 bits per heavy atom. The van der Waals surface area contributed by atoms with E-state index in [-0.39, 0.29) is 104 Å². The third-order valence-corrected chi connectivity index (χ3v) is 16.2. The number of nitrogens with one attached hydrogen (secondary N) is 6. The summed E-state index contributed by atoms with van der Waals surface area (Å²) in [6.07, 6.45) is 3.85. The van der Waals surface area contributed by atoms with Crippen LogP contribution in [0.15, 0.2) is 47.3 Å². The average Bonchev–Trinajstić information content (AvgIpc) is 4.17. The average molecular weight is 1100 g/mol. The molecule has 426 valence electrons. The molecule has 5 heterocycles. The van der Waals surface area contributed by atoms with E-state index in [1.165, 1.54) is 15.5 Å². The number of aromatic nitrogens is 2. The van der Waals surface area contributed by atoms with Crippen LogP contribution in [0.5, 0.6) is 0 Å². The minimum Gasteiger partial charge on any atom is -0.458 e. The van der Waals surface area contributed by atoms with Crippen LogP contribution < -0.4 is 37.5 Å². The predicted octanol–water partition coefficient (Wildman–Crippen LogP) is 2.97. The molecule has 21 nitrogen and oxygen atoms in total. The number of rotatable bonds is 24. The number of benzene rings is 2. The quantitative estimate of drug-likeness (QED) is 0.0266. The number of likely N-dealkylation sites (tertiary alicyclic amines) is 1. The fourth-order valence-corrected chi connectivity index (χ4v) is 11.1. The van der Waals surface area contributed by atoms with Crippen molar-refractivity contribution < 1.29 is 57.4 Å². The molecule has 8 amide bonds. The molecule has 4 aliphatic rings. The number of unbranched alkanes of at least 4 members (excludes halogenated alkanes) is 2. The number of cyclic esters (lactones) is 1. The number of aliphatic hydroxyl groups is 1. The SMILES string of the molecule is CCC(C)(C)C1CC(=O)N(CCCCCC(=O)NCC(=O)NCC(=O)N[C@@H](Cc2ccccc2)C(=O)NCC(=O)NCCCC(=O)N[C@H]2CCc3c(C)c(F)cc4nc5c(c2c34)Cn2c-5cc3c(c2=O)COC(=O)[C@]3(O)CC)C1=O. The van der Waals surface area contributed by atoms with Crippen LogP contribution in [0.1, 0.15) is 137 Å². The van der Waals surface area contributed by atoms with Gasteiger partial charge in [-0.3, -0.25) is 48.1 Å². The first-order valence-corrected chi connectivity index (χ1v) is 27.5. The first kappa shape index (κ1) is 58.3. The van der Waals surface area contributed by atoms with Crippen molar-refractivity contribution in [1.82, 2.24) is 46.4 Å². The molecule has 1 saturated heterocycles. The third-order valence-electron chi connectivity index (χ3n) is 16.2. The molecule has 0 spiro atoms. The third kappa shape index (κ3) is 12.4. The molecule has 1 fully saturated rings. The molecule has 80 heavy (non-hydrogen) atoms. The Bertz CT molecular complexity index is 3220. The molecule has 1 unspecified atom stereocenters. The Morgan fingerprint density at radius 1 is 0.850 bits per heavy atom. The van der Waals surface area contributed by atoms with Gasteiger partial charge >= 0.3 is 5.97 Å². The summed E-state index contributed by atoms with van der Waals surface area (Å²) in [6.45, 7) is 8.09. The molecule has 2 aromatic heterocycles. The molecular formula is C58H70FN9O12. The summed E-state index contributed by atoms with van der Waals surface area (Å²) in [5.41, 5.74) is 1.90. The van der Waals surface area contributed by atoms with Crippen molar-refractivity contribution in [3.63, 3.8) is 0 Å². The molecule has 22 heteroatoms. The van der Waals surface area contributed by atoms with Gasteiger partial charge in [0, 0.05) is 61.4 Å². The van der Waals surface area contributed by atoms with E-state index in [0.29, 0.717) is 83.2 Å². The standard InChI is InChI=1S/C58H70FN9O12/c1-6-57(4,5)38-25-49(74)67(55(38)77)22-13-9-12-17-44(69)61-27-47(72)62-29-48(73)65-42(23-33-15-10-8-11-16-33)53(75)63-28-46(71)60-21-14-18-45(70)64-40-20-19-34-32(3)39(59)26-41-50(34)51(40)35-30-68-43(52(35)66-41)24-37-36(54(68)76)31-80-56(78)58(37,79)7-2/h8,10-11,15-16,24,26,38,40,42,79H,6-7,9,12-14,17-23,25,27-31H2,1-5H3,(H,60,71)(H,61,69)(H,62,72)(H,63,75)(H,64,70)(H,65,73)/t38?,40-,42-,58-/m0/s1. The number of amides is 8. The van der Waals surface area contributed by atoms with Gasteiger partial charge in [0.25, 0.3) is 5.56 Å². The predicted molar refractivity (Wildman–Crippen MR) is 289 cm³/mol. The molecule has 4 aromatic rings. The molecule has 1 aliphatic carbocycles. The number of carbonyl (C=O) groups is 9. The van der Waals surface area contributed by atoms with Crippen molar-refractivity contribution in [3.05, 3.63) is 97.6 Å². The van der Waals surface area contributed by atoms with Gasteiger partial charge in [0.05, 0.1) is 60.6 Å². The van der Waals surface area contributed by atoms with E-state index in [1.54, 1.807) is 50.2 Å². The van der Waals surface area contributed by atoms with E-state index in [4.69, 9.17) is 9.72 Å². The van der Waals surface area contributed by atoms with Gasteiger partial charge in [-0.25, -0.2) is 14.2 Å². The van der Waals surface area contributed by atoms with Crippen molar-refractivity contribution in [2.45, 2.75) is 143 Å². The fraction of sp³-hybridized carbons (Fsp3) is 0.500. The first-order valence-electron chi connectivity index (χ1n) is 27.5. The number of hydrogen-bond donors (Lipinski definition) is 7. The number of halogens is 1. The van der Waals surface area contributed by atoms with Crippen LogP contribution in [0.25, 0.3) is 22.3 Å². The number of fused-ring (bicyclic) bond motifs is 5. The molecular weight excluding hydrogens is 1030 g/mol. The number of pyridine rings is 2. The van der Waals surface area contributed by atoms with Crippen LogP contribution in [0.2, 0.25) is 0 Å². The van der Waals surface area contributed by atoms with E-state index in [0.717, 1.165) is 12.0 Å². The van der Waals surface area contributed by atoms with Gasteiger partial charge in [0.1, 0.15) is 18.5 Å². The normalized spacial score (nSPS) is 18.4. The van der Waals surface area contributed by atoms with Crippen LogP contribution in [0.4, 0.5) is 4.39 Å². The van der Waals surface area contributed by atoms with Gasteiger partial charge in [-0.1, -0.05) is 70.9 Å². The Balaban J connectivity index is 0.782. The van der Waals surface area contributed by atoms with Crippen LogP contribution in [-0.4, -0.2) is 112 Å². The van der Waals surface area contributed by atoms with Crippen molar-refractivity contribution in [2.75, 3.05) is 32.7 Å². The van der Waals surface area contributed by atoms with E-state index in [1.807, 2.05) is 20.8 Å². The number of imide groups is 1. The molecule has 0 saturated carbocycles. The molecule has 0 radical (unpaired) electrons. The van der Waals surface area contributed by atoms with Crippen molar-refractivity contribution in [2.24, 2.45) is 11.3 Å². The van der Waals surface area contributed by atoms with Crippen LogP contribution in [0.3, 0.4) is 0 Å². The maximum Gasteiger partial charge on any atom is 0.343 e. The number of carbonyl (C=O) groups excluding carboxylic acids is 9. The largest absolute Gasteiger partial charge is 0.458 e. The highest BCUT2D eigenvalue weighted by Gasteiger charge is 2.47. The summed E-state index contributed by atoms with van der Waals surface area (Å²) in [5.74, 6) is -5.21. The highest BCUT2D eigenvalue weighted by molar-refractivity contribution is 6.04. The van der Waals surface area contributed by atoms with E-state index >= 15 is 4.39 Å². The van der Waals surface area contributed by atoms with Crippen molar-refractivity contribution in [3.8, 4) is 11.4 Å². The zero-order valence-electron chi connectivity index (χ0n) is 45.9. The lowest BCUT2D eigenvalue weighted by Gasteiger charge is -2.31. The Labute approximate surface area is 461 Å². The van der Waals surface area contributed by atoms with Gasteiger partial charge in [-0.05, 0) is 79.2 Å². The summed E-state index contributed by atoms with van der Waals surface area (Å²) < 4.78 is 22.1. The fourth-order valence-electron chi connectivity index (χ4n) is 11.1. The van der Waals surface area contributed by atoms with Gasteiger partial charge < -0.3 is 46.3 Å². The number of ether oxygens (including phenoxy) is 1. The topological polar surface area (TPSA) is 293 Å². The number of aryl methyl sites for hydroxylation is 1. The van der Waals surface area contributed by atoms with Gasteiger partial charge in [-0.2, -0.15) is 0 Å². The number of nitrogens with zero attached hydrogens (tertiary/aromatic N) is 3. The summed E-state index contributed by atoms with van der Waals surface area (Å²) in [5, 5.41) is 28.0. The van der Waals surface area contributed by atoms with Gasteiger partial charge in [0.2, 0.25) is 47.3 Å². The Hall–Kier alpha value is -7.88. The van der Waals surface area contributed by atoms with Crippen molar-refractivity contribution >= 4 is 64.1 Å². The molecule has 3 aliphatic heterocycles. The molecule has 0 bridgehead atoms. The first-order chi connectivity index (χ1) is 38.1. The molecule has 7 N–H and O–H groups in total. The van der Waals surface area contributed by atoms with E-state index in [2.05, 4.69) is 31.9 Å². The molecule has 2 aromatic carbocycles. The highest BCUT2D eigenvalue weighted by atomic mass is 19.1. The van der Waals surface area contributed by atoms with Crippen LogP contribution in [0, 0.1) is 24.1 Å². The lowest BCUT2D eigenvalue weighted by atomic mass is 9.76. The number of hydrogen-bond acceptors (Lipinski definition) is 13. The lowest BCUT2D eigenvalue weighted by molar-refractivity contribution is -0.172. The van der Waals surface area contributed by atoms with Crippen LogP contribution >= 0.6 is 0 Å².